The molecule has 1 amide bonds. The number of carbonyl (C=O) groups excluding carboxylic acids is 1. The fraction of sp³-hybridized carbons (Fsp3) is 0.533. The maximum absolute atomic E-state index is 11.3. The zero-order valence-electron chi connectivity index (χ0n) is 12.1. The summed E-state index contributed by atoms with van der Waals surface area (Å²) in [5.74, 6) is 1.81. The lowest BCUT2D eigenvalue weighted by Crippen LogP contribution is -2.33. The fourth-order valence-electron chi connectivity index (χ4n) is 2.03. The van der Waals surface area contributed by atoms with Gasteiger partial charge in [-0.3, -0.25) is 0 Å². The summed E-state index contributed by atoms with van der Waals surface area (Å²) < 4.78 is 16.3. The van der Waals surface area contributed by atoms with E-state index < -0.39 is 0 Å². The number of nitrogens with one attached hydrogen (secondary N) is 1. The Morgan fingerprint density at radius 2 is 2.20 bits per heavy atom. The van der Waals surface area contributed by atoms with Crippen LogP contribution >= 0.6 is 0 Å². The zero-order chi connectivity index (χ0) is 14.5. The Kier molecular flexibility index (Phi) is 4.71. The Hall–Kier alpha value is -1.91. The van der Waals surface area contributed by atoms with Gasteiger partial charge in [0.25, 0.3) is 0 Å². The van der Waals surface area contributed by atoms with E-state index in [0.717, 1.165) is 12.0 Å². The number of cyclic esters (lactones) is 1. The van der Waals surface area contributed by atoms with Crippen molar-refractivity contribution in [2.45, 2.75) is 26.4 Å². The molecule has 1 unspecified atom stereocenters. The zero-order valence-corrected chi connectivity index (χ0v) is 12.1. The van der Waals surface area contributed by atoms with Crippen LogP contribution in [0, 0.1) is 5.92 Å². The molecule has 1 aromatic carbocycles. The first-order chi connectivity index (χ1) is 9.60. The molecule has 0 spiro atoms. The molecule has 0 aromatic heterocycles. The molecule has 1 heterocycles. The van der Waals surface area contributed by atoms with Crippen molar-refractivity contribution in [1.29, 1.82) is 0 Å². The van der Waals surface area contributed by atoms with Crippen LogP contribution in [0.5, 0.6) is 11.5 Å². The van der Waals surface area contributed by atoms with Crippen molar-refractivity contribution in [2.75, 3.05) is 20.3 Å². The van der Waals surface area contributed by atoms with Crippen LogP contribution in [-0.4, -0.2) is 26.4 Å². The van der Waals surface area contributed by atoms with Crippen LogP contribution < -0.4 is 14.8 Å². The number of benzene rings is 1. The standard InChI is InChI=1S/C15H21NO4/c1-10(2)9-19-14-8-11(4-5-13(14)18-3)12-6-7-16-15(17)20-12/h4-5,8,10,12H,6-7,9H2,1-3H3,(H,16,17). The van der Waals surface area contributed by atoms with Crippen molar-refractivity contribution in [1.82, 2.24) is 5.32 Å². The molecule has 1 saturated heterocycles. The minimum atomic E-state index is -0.373. The molecule has 5 heteroatoms. The summed E-state index contributed by atoms with van der Waals surface area (Å²) in [6.45, 7) is 5.42. The molecule has 1 aliphatic heterocycles. The van der Waals surface area contributed by atoms with Gasteiger partial charge in [0.1, 0.15) is 6.10 Å². The van der Waals surface area contributed by atoms with Crippen molar-refractivity contribution in [3.8, 4) is 11.5 Å². The summed E-state index contributed by atoms with van der Waals surface area (Å²) in [5, 5.41) is 2.64. The number of ether oxygens (including phenoxy) is 3. The lowest BCUT2D eigenvalue weighted by atomic mass is 10.0. The summed E-state index contributed by atoms with van der Waals surface area (Å²) in [6.07, 6.45) is 0.152. The van der Waals surface area contributed by atoms with Gasteiger partial charge in [-0.2, -0.15) is 0 Å². The molecule has 0 bridgehead atoms. The van der Waals surface area contributed by atoms with Gasteiger partial charge >= 0.3 is 6.09 Å². The van der Waals surface area contributed by atoms with E-state index in [1.807, 2.05) is 18.2 Å². The second kappa shape index (κ2) is 6.50. The molecule has 1 aliphatic rings. The van der Waals surface area contributed by atoms with Gasteiger partial charge in [0.05, 0.1) is 13.7 Å². The van der Waals surface area contributed by atoms with Gasteiger partial charge in [-0.1, -0.05) is 19.9 Å². The molecular formula is C15H21NO4. The van der Waals surface area contributed by atoms with Crippen LogP contribution in [0.25, 0.3) is 0 Å². The Morgan fingerprint density at radius 3 is 2.85 bits per heavy atom. The van der Waals surface area contributed by atoms with Gasteiger partial charge in [-0.05, 0) is 23.6 Å². The molecule has 1 fully saturated rings. The summed E-state index contributed by atoms with van der Waals surface area (Å²) in [5.41, 5.74) is 0.930. The highest BCUT2D eigenvalue weighted by Gasteiger charge is 2.22. The van der Waals surface area contributed by atoms with Crippen molar-refractivity contribution in [3.63, 3.8) is 0 Å². The molecule has 0 aliphatic carbocycles. The maximum atomic E-state index is 11.3. The van der Waals surface area contributed by atoms with E-state index in [-0.39, 0.29) is 12.2 Å². The van der Waals surface area contributed by atoms with Crippen LogP contribution in [0.4, 0.5) is 4.79 Å². The van der Waals surface area contributed by atoms with E-state index in [1.165, 1.54) is 0 Å². The lowest BCUT2D eigenvalue weighted by molar-refractivity contribution is 0.0736. The SMILES string of the molecule is COc1ccc(C2CCNC(=O)O2)cc1OCC(C)C. The molecule has 1 N–H and O–H groups in total. The third-order valence-electron chi connectivity index (χ3n) is 3.06. The molecule has 110 valence electrons. The Labute approximate surface area is 119 Å². The highest BCUT2D eigenvalue weighted by Crippen LogP contribution is 2.33. The fourth-order valence-corrected chi connectivity index (χ4v) is 2.03. The van der Waals surface area contributed by atoms with Crippen LogP contribution in [0.1, 0.15) is 31.9 Å². The number of methoxy groups -OCH3 is 1. The van der Waals surface area contributed by atoms with Gasteiger partial charge in [0.2, 0.25) is 0 Å². The number of rotatable bonds is 5. The van der Waals surface area contributed by atoms with E-state index in [9.17, 15) is 4.79 Å². The first-order valence-electron chi connectivity index (χ1n) is 6.85. The normalized spacial score (nSPS) is 18.4. The molecule has 0 radical (unpaired) electrons. The van der Waals surface area contributed by atoms with E-state index in [2.05, 4.69) is 19.2 Å². The van der Waals surface area contributed by atoms with E-state index in [0.29, 0.717) is 30.6 Å². The molecule has 0 saturated carbocycles. The summed E-state index contributed by atoms with van der Waals surface area (Å²) >= 11 is 0. The largest absolute Gasteiger partial charge is 0.493 e. The molecule has 2 rings (SSSR count). The highest BCUT2D eigenvalue weighted by molar-refractivity contribution is 5.68. The number of carbonyl (C=O) groups is 1. The predicted octanol–water partition coefficient (Wildman–Crippen LogP) is 2.90. The van der Waals surface area contributed by atoms with E-state index in [4.69, 9.17) is 14.2 Å². The average Bonchev–Trinajstić information content (AvgIpc) is 2.44. The number of amides is 1. The second-order valence-corrected chi connectivity index (χ2v) is 5.22. The van der Waals surface area contributed by atoms with Crippen LogP contribution in [0.3, 0.4) is 0 Å². The lowest BCUT2D eigenvalue weighted by Gasteiger charge is -2.24. The minimum Gasteiger partial charge on any atom is -0.493 e. The van der Waals surface area contributed by atoms with Crippen LogP contribution in [-0.2, 0) is 4.74 Å². The van der Waals surface area contributed by atoms with E-state index >= 15 is 0 Å². The van der Waals surface area contributed by atoms with Crippen molar-refractivity contribution < 1.29 is 19.0 Å². The summed E-state index contributed by atoms with van der Waals surface area (Å²) in [7, 11) is 1.61. The number of hydrogen-bond donors (Lipinski definition) is 1. The highest BCUT2D eigenvalue weighted by atomic mass is 16.6. The van der Waals surface area contributed by atoms with Gasteiger partial charge < -0.3 is 19.5 Å². The van der Waals surface area contributed by atoms with Crippen molar-refractivity contribution in [3.05, 3.63) is 23.8 Å². The monoisotopic (exact) mass is 279 g/mol. The quantitative estimate of drug-likeness (QED) is 0.900. The maximum Gasteiger partial charge on any atom is 0.407 e. The van der Waals surface area contributed by atoms with Gasteiger partial charge in [-0.25, -0.2) is 4.79 Å². The second-order valence-electron chi connectivity index (χ2n) is 5.22. The van der Waals surface area contributed by atoms with Gasteiger partial charge in [-0.15, -0.1) is 0 Å². The van der Waals surface area contributed by atoms with Gasteiger partial charge in [0.15, 0.2) is 11.5 Å². The molecule has 1 atom stereocenters. The van der Waals surface area contributed by atoms with Gasteiger partial charge in [0, 0.05) is 13.0 Å². The molecule has 1 aromatic rings. The van der Waals surface area contributed by atoms with Crippen molar-refractivity contribution >= 4 is 6.09 Å². The predicted molar refractivity (Wildman–Crippen MR) is 75.2 cm³/mol. The third kappa shape index (κ3) is 3.56. The minimum absolute atomic E-state index is 0.226. The Balaban J connectivity index is 2.17. The topological polar surface area (TPSA) is 56.8 Å². The smallest absolute Gasteiger partial charge is 0.407 e. The third-order valence-corrected chi connectivity index (χ3v) is 3.06. The van der Waals surface area contributed by atoms with Crippen molar-refractivity contribution in [2.24, 2.45) is 5.92 Å². The first-order valence-corrected chi connectivity index (χ1v) is 6.85. The molecule has 5 nitrogen and oxygen atoms in total. The van der Waals surface area contributed by atoms with E-state index in [1.54, 1.807) is 7.11 Å². The summed E-state index contributed by atoms with van der Waals surface area (Å²) in [6, 6.07) is 5.65. The van der Waals surface area contributed by atoms with Crippen LogP contribution in [0.15, 0.2) is 18.2 Å². The molecule has 20 heavy (non-hydrogen) atoms. The number of alkyl carbamates (subject to hydrolysis) is 1. The number of hydrogen-bond acceptors (Lipinski definition) is 4. The Bertz CT molecular complexity index is 473. The summed E-state index contributed by atoms with van der Waals surface area (Å²) in [4.78, 5) is 11.3. The Morgan fingerprint density at radius 1 is 1.40 bits per heavy atom. The van der Waals surface area contributed by atoms with Crippen LogP contribution in [0.2, 0.25) is 0 Å². The molecular weight excluding hydrogens is 258 g/mol. The first kappa shape index (κ1) is 14.5. The average molecular weight is 279 g/mol.